The molecule has 2 rings (SSSR count). The molecule has 1 fully saturated rings. The van der Waals surface area contributed by atoms with Gasteiger partial charge in [0.15, 0.2) is 0 Å². The number of hydrogen-bond acceptors (Lipinski definition) is 3. The van der Waals surface area contributed by atoms with Crippen LogP contribution in [-0.4, -0.2) is 20.7 Å². The number of aromatic nitrogens is 3. The number of nitrogens with one attached hydrogen (secondary N) is 1. The Bertz CT molecular complexity index is 343. The minimum atomic E-state index is 0.0398. The molecule has 0 aromatic carbocycles. The van der Waals surface area contributed by atoms with Gasteiger partial charge in [-0.2, -0.15) is 0 Å². The zero-order valence-corrected chi connectivity index (χ0v) is 8.94. The molecule has 1 aliphatic carbocycles. The summed E-state index contributed by atoms with van der Waals surface area (Å²) in [7, 11) is 1.81. The van der Waals surface area contributed by atoms with Gasteiger partial charge in [0.05, 0.1) is 0 Å². The molecule has 1 aromatic heterocycles. The number of hydrogen-bond donors (Lipinski definition) is 1. The van der Waals surface area contributed by atoms with E-state index in [1.165, 1.54) is 19.3 Å². The molecule has 1 aliphatic rings. The number of amides is 1. The SMILES string of the molecule is Cn1cnnc1NC(=O)CCC1CCC1. The lowest BCUT2D eigenvalue weighted by Crippen LogP contribution is -2.18. The van der Waals surface area contributed by atoms with Gasteiger partial charge >= 0.3 is 0 Å². The quantitative estimate of drug-likeness (QED) is 0.812. The van der Waals surface area contributed by atoms with Gasteiger partial charge in [-0.1, -0.05) is 19.3 Å². The van der Waals surface area contributed by atoms with Crippen molar-refractivity contribution >= 4 is 11.9 Å². The molecule has 5 heteroatoms. The molecule has 0 radical (unpaired) electrons. The minimum Gasteiger partial charge on any atom is -0.303 e. The van der Waals surface area contributed by atoms with Crippen molar-refractivity contribution in [3.05, 3.63) is 6.33 Å². The van der Waals surface area contributed by atoms with E-state index in [0.717, 1.165) is 12.3 Å². The van der Waals surface area contributed by atoms with Gasteiger partial charge in [-0.3, -0.25) is 10.1 Å². The third kappa shape index (κ3) is 2.55. The van der Waals surface area contributed by atoms with E-state index in [-0.39, 0.29) is 5.91 Å². The monoisotopic (exact) mass is 208 g/mol. The first kappa shape index (κ1) is 10.1. The van der Waals surface area contributed by atoms with Crippen molar-refractivity contribution in [1.82, 2.24) is 14.8 Å². The van der Waals surface area contributed by atoms with E-state index >= 15 is 0 Å². The molecule has 0 bridgehead atoms. The highest BCUT2D eigenvalue weighted by Crippen LogP contribution is 2.30. The van der Waals surface area contributed by atoms with Crippen LogP contribution in [0, 0.1) is 5.92 Å². The van der Waals surface area contributed by atoms with Crippen LogP contribution in [0.1, 0.15) is 32.1 Å². The molecule has 82 valence electrons. The Balaban J connectivity index is 1.74. The summed E-state index contributed by atoms with van der Waals surface area (Å²) in [5.74, 6) is 1.34. The van der Waals surface area contributed by atoms with Gasteiger partial charge < -0.3 is 4.57 Å². The standard InChI is InChI=1S/C10H16N4O/c1-14-7-11-13-10(14)12-9(15)6-5-8-3-2-4-8/h7-8H,2-6H2,1H3,(H,12,13,15). The van der Waals surface area contributed by atoms with Gasteiger partial charge in [-0.15, -0.1) is 10.2 Å². The van der Waals surface area contributed by atoms with Crippen molar-refractivity contribution in [2.75, 3.05) is 5.32 Å². The number of carbonyl (C=O) groups is 1. The lowest BCUT2D eigenvalue weighted by atomic mass is 9.82. The Kier molecular flexibility index (Phi) is 2.99. The largest absolute Gasteiger partial charge is 0.303 e. The molecular weight excluding hydrogens is 192 g/mol. The highest BCUT2D eigenvalue weighted by molar-refractivity contribution is 5.88. The Morgan fingerprint density at radius 2 is 2.47 bits per heavy atom. The van der Waals surface area contributed by atoms with Gasteiger partial charge in [-0.25, -0.2) is 0 Å². The Hall–Kier alpha value is -1.39. The first-order chi connectivity index (χ1) is 7.25. The predicted octanol–water partition coefficient (Wildman–Crippen LogP) is 1.33. The molecule has 1 heterocycles. The Morgan fingerprint density at radius 1 is 1.67 bits per heavy atom. The molecule has 1 aromatic rings. The topological polar surface area (TPSA) is 59.8 Å². The molecule has 1 amide bonds. The highest BCUT2D eigenvalue weighted by atomic mass is 16.1. The summed E-state index contributed by atoms with van der Waals surface area (Å²) in [5, 5.41) is 10.2. The van der Waals surface area contributed by atoms with Gasteiger partial charge in [0.2, 0.25) is 11.9 Å². The van der Waals surface area contributed by atoms with Crippen molar-refractivity contribution in [2.45, 2.75) is 32.1 Å². The van der Waals surface area contributed by atoms with Crippen LogP contribution in [0.3, 0.4) is 0 Å². The van der Waals surface area contributed by atoms with Crippen molar-refractivity contribution in [2.24, 2.45) is 13.0 Å². The second-order valence-electron chi connectivity index (χ2n) is 4.15. The molecule has 15 heavy (non-hydrogen) atoms. The van der Waals surface area contributed by atoms with E-state index in [1.54, 1.807) is 10.9 Å². The van der Waals surface area contributed by atoms with Crippen LogP contribution in [0.4, 0.5) is 5.95 Å². The molecule has 1 N–H and O–H groups in total. The average Bonchev–Trinajstić information content (AvgIpc) is 2.49. The van der Waals surface area contributed by atoms with Crippen molar-refractivity contribution in [3.8, 4) is 0 Å². The van der Waals surface area contributed by atoms with Gasteiger partial charge in [0, 0.05) is 13.5 Å². The van der Waals surface area contributed by atoms with Crippen LogP contribution >= 0.6 is 0 Å². The fourth-order valence-corrected chi connectivity index (χ4v) is 1.70. The molecule has 5 nitrogen and oxygen atoms in total. The van der Waals surface area contributed by atoms with Crippen LogP contribution in [0.15, 0.2) is 6.33 Å². The van der Waals surface area contributed by atoms with Crippen LogP contribution in [0.2, 0.25) is 0 Å². The average molecular weight is 208 g/mol. The summed E-state index contributed by atoms with van der Waals surface area (Å²) in [4.78, 5) is 11.5. The van der Waals surface area contributed by atoms with Crippen molar-refractivity contribution in [3.63, 3.8) is 0 Å². The summed E-state index contributed by atoms with van der Waals surface area (Å²) in [6.07, 6.45) is 7.08. The summed E-state index contributed by atoms with van der Waals surface area (Å²) in [6.45, 7) is 0. The van der Waals surface area contributed by atoms with Crippen LogP contribution in [-0.2, 0) is 11.8 Å². The molecule has 0 saturated heterocycles. The molecule has 1 saturated carbocycles. The molecule has 0 spiro atoms. The summed E-state index contributed by atoms with van der Waals surface area (Å²) in [6, 6.07) is 0. The first-order valence-corrected chi connectivity index (χ1v) is 5.39. The summed E-state index contributed by atoms with van der Waals surface area (Å²) < 4.78 is 1.70. The van der Waals surface area contributed by atoms with E-state index in [4.69, 9.17) is 0 Å². The van der Waals surface area contributed by atoms with Crippen molar-refractivity contribution < 1.29 is 4.79 Å². The second-order valence-corrected chi connectivity index (χ2v) is 4.15. The van der Waals surface area contributed by atoms with E-state index in [0.29, 0.717) is 12.4 Å². The van der Waals surface area contributed by atoms with Crippen molar-refractivity contribution in [1.29, 1.82) is 0 Å². The smallest absolute Gasteiger partial charge is 0.230 e. The third-order valence-corrected chi connectivity index (χ3v) is 2.97. The maximum atomic E-state index is 11.5. The number of carbonyl (C=O) groups excluding carboxylic acids is 1. The second kappa shape index (κ2) is 4.42. The van der Waals surface area contributed by atoms with Gasteiger partial charge in [-0.05, 0) is 12.3 Å². The third-order valence-electron chi connectivity index (χ3n) is 2.97. The molecule has 0 aliphatic heterocycles. The minimum absolute atomic E-state index is 0.0398. The predicted molar refractivity (Wildman–Crippen MR) is 56.2 cm³/mol. The highest BCUT2D eigenvalue weighted by Gasteiger charge is 2.18. The number of anilines is 1. The lowest BCUT2D eigenvalue weighted by Gasteiger charge is -2.24. The zero-order valence-electron chi connectivity index (χ0n) is 8.94. The van der Waals surface area contributed by atoms with E-state index in [2.05, 4.69) is 15.5 Å². The maximum absolute atomic E-state index is 11.5. The van der Waals surface area contributed by atoms with Gasteiger partial charge in [0.25, 0.3) is 0 Å². The molecular formula is C10H16N4O. The first-order valence-electron chi connectivity index (χ1n) is 5.39. The van der Waals surface area contributed by atoms with E-state index in [1.807, 2.05) is 7.05 Å². The lowest BCUT2D eigenvalue weighted by molar-refractivity contribution is -0.116. The van der Waals surface area contributed by atoms with Crippen LogP contribution < -0.4 is 5.32 Å². The normalized spacial score (nSPS) is 16.1. The van der Waals surface area contributed by atoms with Gasteiger partial charge in [0.1, 0.15) is 6.33 Å². The Labute approximate surface area is 88.9 Å². The van der Waals surface area contributed by atoms with Crippen LogP contribution in [0.5, 0.6) is 0 Å². The number of aryl methyl sites for hydroxylation is 1. The fraction of sp³-hybridized carbons (Fsp3) is 0.700. The maximum Gasteiger partial charge on any atom is 0.230 e. The molecule has 0 atom stereocenters. The molecule has 0 unspecified atom stereocenters. The summed E-state index contributed by atoms with van der Waals surface area (Å²) >= 11 is 0. The van der Waals surface area contributed by atoms with E-state index in [9.17, 15) is 4.79 Å². The number of nitrogens with zero attached hydrogens (tertiary/aromatic N) is 3. The van der Waals surface area contributed by atoms with E-state index < -0.39 is 0 Å². The van der Waals surface area contributed by atoms with Crippen LogP contribution in [0.25, 0.3) is 0 Å². The zero-order chi connectivity index (χ0) is 10.7. The number of rotatable bonds is 4. The summed E-state index contributed by atoms with van der Waals surface area (Å²) in [5.41, 5.74) is 0. The Morgan fingerprint density at radius 3 is 3.00 bits per heavy atom. The fourth-order valence-electron chi connectivity index (χ4n) is 1.70.